The monoisotopic (exact) mass is 761 g/mol. The van der Waals surface area contributed by atoms with Crippen molar-refractivity contribution >= 4 is 62.2 Å². The van der Waals surface area contributed by atoms with E-state index < -0.39 is 87.7 Å². The van der Waals surface area contributed by atoms with Crippen LogP contribution in [0.1, 0.15) is 36.7 Å². The molecule has 0 spiro atoms. The van der Waals surface area contributed by atoms with Crippen LogP contribution >= 0.6 is 22.6 Å². The van der Waals surface area contributed by atoms with Crippen molar-refractivity contribution in [3.05, 3.63) is 56.4 Å². The van der Waals surface area contributed by atoms with E-state index in [1.807, 2.05) is 28.1 Å². The fraction of sp³-hybridized carbons (Fsp3) is 0.400. The summed E-state index contributed by atoms with van der Waals surface area (Å²) >= 11 is 1.84. The Kier molecular flexibility index (Phi) is 13.2. The molecule has 0 aromatic heterocycles. The Bertz CT molecular complexity index is 1490. The van der Waals surface area contributed by atoms with Gasteiger partial charge in [0.1, 0.15) is 5.82 Å². The number of likely N-dealkylation sites (N-methyl/N-ethyl adjacent to an activating group) is 1. The average molecular weight is 762 g/mol. The molecule has 0 aliphatic carbocycles. The molecule has 0 bridgehead atoms. The van der Waals surface area contributed by atoms with Crippen LogP contribution in [0.4, 0.5) is 29.3 Å². The zero-order valence-electron chi connectivity index (χ0n) is 24.2. The van der Waals surface area contributed by atoms with E-state index in [4.69, 9.17) is 14.8 Å². The van der Waals surface area contributed by atoms with Gasteiger partial charge >= 0.3 is 16.4 Å². The molecule has 0 heterocycles. The molecule has 0 aliphatic heterocycles. The number of rotatable bonds is 13. The Morgan fingerprint density at radius 2 is 1.75 bits per heavy atom. The summed E-state index contributed by atoms with van der Waals surface area (Å²) in [6, 6.07) is 4.65. The highest BCUT2D eigenvalue weighted by molar-refractivity contribution is 14.1. The minimum Gasteiger partial charge on any atom is -0.394 e. The number of halogens is 4. The minimum atomic E-state index is -4.77. The second kappa shape index (κ2) is 15.7. The van der Waals surface area contributed by atoms with Gasteiger partial charge in [0, 0.05) is 21.7 Å². The predicted molar refractivity (Wildman–Crippen MR) is 158 cm³/mol. The van der Waals surface area contributed by atoms with Gasteiger partial charge in [-0.1, -0.05) is 0 Å². The maximum atomic E-state index is 15.4. The number of nitrogens with zero attached hydrogens (tertiary/aromatic N) is 2. The minimum absolute atomic E-state index is 0.293. The molecule has 0 unspecified atom stereocenters. The van der Waals surface area contributed by atoms with Crippen LogP contribution in [0.25, 0.3) is 0 Å². The number of nitrogens with one attached hydrogen (secondary N) is 3. The van der Waals surface area contributed by atoms with Gasteiger partial charge in [0.25, 0.3) is 11.8 Å². The lowest BCUT2D eigenvalue weighted by atomic mass is 10.1. The highest BCUT2D eigenvalue weighted by Crippen LogP contribution is 2.31. The van der Waals surface area contributed by atoms with Crippen molar-refractivity contribution in [2.75, 3.05) is 39.2 Å². The molecule has 0 saturated heterocycles. The molecule has 2 aromatic carbocycles. The number of hydrogen-bond acceptors (Lipinski definition) is 10. The van der Waals surface area contributed by atoms with Crippen LogP contribution in [0.3, 0.4) is 0 Å². The van der Waals surface area contributed by atoms with Crippen molar-refractivity contribution in [3.63, 3.8) is 0 Å². The second-order valence-corrected chi connectivity index (χ2v) is 12.8. The number of hydroxylamine groups is 3. The highest BCUT2D eigenvalue weighted by Gasteiger charge is 2.30. The molecule has 0 saturated carbocycles. The summed E-state index contributed by atoms with van der Waals surface area (Å²) in [6.45, 7) is 2.10. The molecule has 3 amide bonds. The molecule has 0 fully saturated rings. The molecule has 244 valence electrons. The first-order valence-corrected chi connectivity index (χ1v) is 14.9. The van der Waals surface area contributed by atoms with Crippen LogP contribution in [0.5, 0.6) is 0 Å². The Labute approximate surface area is 265 Å². The average Bonchev–Trinajstić information content (AvgIpc) is 2.90. The van der Waals surface area contributed by atoms with Gasteiger partial charge in [-0.25, -0.2) is 28.5 Å². The third-order valence-corrected chi connectivity index (χ3v) is 7.21. The number of carbonyl (C=O) groups excluding carboxylic acids is 3. The zero-order chi connectivity index (χ0) is 33.4. The van der Waals surface area contributed by atoms with E-state index in [9.17, 15) is 27.2 Å². The fourth-order valence-corrected chi connectivity index (χ4v) is 4.36. The van der Waals surface area contributed by atoms with E-state index >= 15 is 8.78 Å². The van der Waals surface area contributed by atoms with Crippen molar-refractivity contribution in [1.29, 1.82) is 0 Å². The number of carbonyl (C=O) groups is 3. The molecule has 2 rings (SSSR count). The largest absolute Gasteiger partial charge is 0.424 e. The van der Waals surface area contributed by atoms with E-state index in [-0.39, 0.29) is 12.3 Å². The van der Waals surface area contributed by atoms with Gasteiger partial charge < -0.3 is 19.9 Å². The molecule has 0 radical (unpaired) electrons. The summed E-state index contributed by atoms with van der Waals surface area (Å²) in [5, 5.41) is 14.0. The van der Waals surface area contributed by atoms with Crippen LogP contribution in [0.2, 0.25) is 0 Å². The topological polar surface area (TPSA) is 176 Å². The van der Waals surface area contributed by atoms with Crippen molar-refractivity contribution in [2.24, 2.45) is 0 Å². The molecule has 0 atom stereocenters. The van der Waals surface area contributed by atoms with Crippen LogP contribution in [0.15, 0.2) is 24.3 Å². The Balaban J connectivity index is 2.38. The SMILES string of the molecule is CON(Cc1cc(C(=O)NOCCO)c(Nc2ccc(I)cc2F)c(F)c1F)C(=O)CN(C)S(=O)(=O)OC(=O)NC(C)(C)C. The summed E-state index contributed by atoms with van der Waals surface area (Å²) in [5.74, 6) is -6.24. The van der Waals surface area contributed by atoms with E-state index in [1.165, 1.54) is 12.1 Å². The highest BCUT2D eigenvalue weighted by atomic mass is 127. The Morgan fingerprint density at radius 3 is 2.32 bits per heavy atom. The summed E-state index contributed by atoms with van der Waals surface area (Å²) < 4.78 is 75.3. The standard InChI is InChI=1S/C25H31F3IN5O9S/c1-25(2,3)31-24(38)43-44(39,40)33(4)13-19(36)34(41-5)12-14-10-16(23(37)32-42-9-8-35)22(21(28)20(14)27)30-18-7-6-15(29)11-17(18)26/h6-7,10-11,30,35H,8-9,12-13H2,1-5H3,(H,31,38)(H,32,37). The Morgan fingerprint density at radius 1 is 1.09 bits per heavy atom. The van der Waals surface area contributed by atoms with Crippen LogP contribution in [-0.2, 0) is 35.5 Å². The number of anilines is 2. The number of benzene rings is 2. The molecule has 2 aromatic rings. The van der Waals surface area contributed by atoms with E-state index in [0.717, 1.165) is 26.3 Å². The van der Waals surface area contributed by atoms with Gasteiger partial charge in [0.2, 0.25) is 0 Å². The lowest BCUT2D eigenvalue weighted by Gasteiger charge is -2.24. The molecular weight excluding hydrogens is 730 g/mol. The molecule has 0 aliphatic rings. The van der Waals surface area contributed by atoms with Gasteiger partial charge in [-0.2, -0.15) is 12.7 Å². The van der Waals surface area contributed by atoms with Crippen LogP contribution in [0, 0.1) is 21.0 Å². The smallest absolute Gasteiger partial charge is 0.394 e. The van der Waals surface area contributed by atoms with Crippen molar-refractivity contribution in [3.8, 4) is 0 Å². The van der Waals surface area contributed by atoms with Crippen molar-refractivity contribution in [1.82, 2.24) is 20.2 Å². The molecular formula is C25H31F3IN5O9S. The second-order valence-electron chi connectivity index (χ2n) is 9.91. The maximum absolute atomic E-state index is 15.4. The van der Waals surface area contributed by atoms with Gasteiger partial charge in [-0.05, 0) is 67.6 Å². The third kappa shape index (κ3) is 10.4. The molecule has 19 heteroatoms. The van der Waals surface area contributed by atoms with E-state index in [1.54, 1.807) is 20.8 Å². The zero-order valence-corrected chi connectivity index (χ0v) is 27.1. The van der Waals surface area contributed by atoms with Gasteiger partial charge in [-0.3, -0.25) is 19.3 Å². The quantitative estimate of drug-likeness (QED) is 0.135. The molecule has 4 N–H and O–H groups in total. The summed E-state index contributed by atoms with van der Waals surface area (Å²) in [7, 11) is -2.86. The summed E-state index contributed by atoms with van der Waals surface area (Å²) in [5.41, 5.74) is -1.16. The predicted octanol–water partition coefficient (Wildman–Crippen LogP) is 2.70. The van der Waals surface area contributed by atoms with Gasteiger partial charge in [-0.15, -0.1) is 0 Å². The Hall–Kier alpha value is -3.24. The number of amides is 3. The van der Waals surface area contributed by atoms with E-state index in [2.05, 4.69) is 14.8 Å². The van der Waals surface area contributed by atoms with E-state index in [0.29, 0.717) is 12.9 Å². The molecule has 44 heavy (non-hydrogen) atoms. The third-order valence-electron chi connectivity index (χ3n) is 5.29. The van der Waals surface area contributed by atoms with Gasteiger partial charge in [0.15, 0.2) is 11.6 Å². The lowest BCUT2D eigenvalue weighted by molar-refractivity contribution is -0.179. The molecule has 14 nitrogen and oxygen atoms in total. The fourth-order valence-electron chi connectivity index (χ4n) is 3.28. The number of aliphatic hydroxyl groups excluding tert-OH is 1. The van der Waals surface area contributed by atoms with Gasteiger partial charge in [0.05, 0.1) is 50.4 Å². The first-order valence-electron chi connectivity index (χ1n) is 12.5. The maximum Gasteiger partial charge on any atom is 0.424 e. The normalized spacial score (nSPS) is 11.7. The summed E-state index contributed by atoms with van der Waals surface area (Å²) in [4.78, 5) is 47.3. The number of hydrogen-bond donors (Lipinski definition) is 4. The van der Waals surface area contributed by atoms with Crippen LogP contribution in [-0.4, -0.2) is 80.3 Å². The first kappa shape index (κ1) is 36.9. The van der Waals surface area contributed by atoms with Crippen molar-refractivity contribution < 1.29 is 54.9 Å². The lowest BCUT2D eigenvalue weighted by Crippen LogP contribution is -2.45. The van der Waals surface area contributed by atoms with Crippen molar-refractivity contribution in [2.45, 2.75) is 32.9 Å². The summed E-state index contributed by atoms with van der Waals surface area (Å²) in [6.07, 6.45) is -1.30. The number of aliphatic hydroxyl groups is 1. The van der Waals surface area contributed by atoms with Crippen LogP contribution < -0.4 is 16.1 Å². The first-order chi connectivity index (χ1) is 20.4.